The zero-order valence-electron chi connectivity index (χ0n) is 20.1. The van der Waals surface area contributed by atoms with E-state index < -0.39 is 17.5 Å². The molecule has 0 radical (unpaired) electrons. The summed E-state index contributed by atoms with van der Waals surface area (Å²) < 4.78 is 0. The van der Waals surface area contributed by atoms with Crippen LogP contribution in [0.4, 0.5) is 4.79 Å². The van der Waals surface area contributed by atoms with E-state index in [1.165, 1.54) is 5.56 Å². The Hall–Kier alpha value is -4.00. The minimum atomic E-state index is -1.16. The molecule has 1 atom stereocenters. The van der Waals surface area contributed by atoms with Crippen LogP contribution in [0.1, 0.15) is 42.5 Å². The summed E-state index contributed by atoms with van der Waals surface area (Å²) in [5, 5.41) is 2.85. The van der Waals surface area contributed by atoms with Gasteiger partial charge in [-0.3, -0.25) is 19.5 Å². The largest absolute Gasteiger partial charge is 0.332 e. The third-order valence-electron chi connectivity index (χ3n) is 6.52. The number of nitrogens with one attached hydrogen (secondary N) is 1. The molecule has 1 aromatic heterocycles. The summed E-state index contributed by atoms with van der Waals surface area (Å²) >= 11 is 0. The highest BCUT2D eigenvalue weighted by molar-refractivity contribution is 6.09. The zero-order chi connectivity index (χ0) is 24.8. The van der Waals surface area contributed by atoms with Gasteiger partial charge in [-0.1, -0.05) is 74.5 Å². The van der Waals surface area contributed by atoms with Gasteiger partial charge in [0.15, 0.2) is 0 Å². The summed E-state index contributed by atoms with van der Waals surface area (Å²) in [4.78, 5) is 46.7. The molecule has 1 aliphatic rings. The third-order valence-corrected chi connectivity index (χ3v) is 6.52. The van der Waals surface area contributed by atoms with Gasteiger partial charge < -0.3 is 10.2 Å². The van der Waals surface area contributed by atoms with Crippen molar-refractivity contribution in [1.82, 2.24) is 20.1 Å². The third kappa shape index (κ3) is 5.09. The normalized spacial score (nSPS) is 17.4. The number of carbonyl (C=O) groups excluding carboxylic acids is 3. The number of imide groups is 1. The molecule has 0 spiro atoms. The van der Waals surface area contributed by atoms with Crippen LogP contribution in [-0.4, -0.2) is 39.2 Å². The first-order valence-electron chi connectivity index (χ1n) is 11.9. The van der Waals surface area contributed by atoms with Crippen molar-refractivity contribution in [2.75, 3.05) is 6.54 Å². The van der Waals surface area contributed by atoms with Gasteiger partial charge >= 0.3 is 6.03 Å². The Morgan fingerprint density at radius 2 is 1.60 bits per heavy atom. The molecule has 0 saturated carbocycles. The zero-order valence-corrected chi connectivity index (χ0v) is 20.1. The van der Waals surface area contributed by atoms with Crippen molar-refractivity contribution in [2.24, 2.45) is 0 Å². The molecule has 4 rings (SSSR count). The summed E-state index contributed by atoms with van der Waals surface area (Å²) in [6, 6.07) is 20.5. The SMILES string of the molecule is CCc1ccc(CN(Cc2cccnc2)C(=O)CN2C(=O)NC(CC)(c3ccccc3)C2=O)cc1. The average molecular weight is 471 g/mol. The Bertz CT molecular complexity index is 1180. The summed E-state index contributed by atoms with van der Waals surface area (Å²) in [5.41, 5.74) is 2.61. The number of hydrogen-bond acceptors (Lipinski definition) is 4. The van der Waals surface area contributed by atoms with Crippen LogP contribution in [0.2, 0.25) is 0 Å². The topological polar surface area (TPSA) is 82.6 Å². The first-order valence-corrected chi connectivity index (χ1v) is 11.9. The molecule has 0 bridgehead atoms. The van der Waals surface area contributed by atoms with Crippen molar-refractivity contribution in [2.45, 2.75) is 45.3 Å². The maximum Gasteiger partial charge on any atom is 0.325 e. The predicted molar refractivity (Wildman–Crippen MR) is 133 cm³/mol. The smallest absolute Gasteiger partial charge is 0.325 e. The fourth-order valence-corrected chi connectivity index (χ4v) is 4.41. The molecule has 1 aliphatic heterocycles. The number of pyridine rings is 1. The molecule has 3 aromatic rings. The fraction of sp³-hybridized carbons (Fsp3) is 0.286. The van der Waals surface area contributed by atoms with E-state index in [1.54, 1.807) is 17.3 Å². The van der Waals surface area contributed by atoms with Gasteiger partial charge in [0.1, 0.15) is 12.1 Å². The fourth-order valence-electron chi connectivity index (χ4n) is 4.41. The van der Waals surface area contributed by atoms with Crippen LogP contribution >= 0.6 is 0 Å². The maximum absolute atomic E-state index is 13.5. The van der Waals surface area contributed by atoms with Gasteiger partial charge in [0.05, 0.1) is 0 Å². The van der Waals surface area contributed by atoms with E-state index in [1.807, 2.05) is 61.5 Å². The standard InChI is InChI=1S/C28H30N4O3/c1-3-21-12-14-22(15-13-21)18-31(19-23-9-8-16-29-17-23)25(33)20-32-26(34)28(4-2,30-27(32)35)24-10-6-5-7-11-24/h5-17H,3-4,18-20H2,1-2H3,(H,30,35). The highest BCUT2D eigenvalue weighted by Crippen LogP contribution is 2.32. The Balaban J connectivity index is 1.56. The molecule has 1 unspecified atom stereocenters. The van der Waals surface area contributed by atoms with Gasteiger partial charge in [0, 0.05) is 25.5 Å². The monoisotopic (exact) mass is 470 g/mol. The molecule has 7 nitrogen and oxygen atoms in total. The maximum atomic E-state index is 13.5. The first kappa shape index (κ1) is 24.1. The lowest BCUT2D eigenvalue weighted by Crippen LogP contribution is -2.45. The van der Waals surface area contributed by atoms with Crippen LogP contribution in [0.25, 0.3) is 0 Å². The van der Waals surface area contributed by atoms with E-state index in [4.69, 9.17) is 0 Å². The lowest BCUT2D eigenvalue weighted by atomic mass is 9.87. The van der Waals surface area contributed by atoms with Gasteiger partial charge in [0.25, 0.3) is 5.91 Å². The van der Waals surface area contributed by atoms with Gasteiger partial charge in [-0.25, -0.2) is 4.79 Å². The number of hydrogen-bond donors (Lipinski definition) is 1. The lowest BCUT2D eigenvalue weighted by Gasteiger charge is -2.27. The summed E-state index contributed by atoms with van der Waals surface area (Å²) in [7, 11) is 0. The van der Waals surface area contributed by atoms with Crippen LogP contribution in [0, 0.1) is 0 Å². The summed E-state index contributed by atoms with van der Waals surface area (Å²) in [5.74, 6) is -0.713. The molecule has 7 heteroatoms. The van der Waals surface area contributed by atoms with Crippen molar-refractivity contribution in [3.8, 4) is 0 Å². The molecule has 35 heavy (non-hydrogen) atoms. The number of amides is 4. The molecule has 2 aromatic carbocycles. The molecular weight excluding hydrogens is 440 g/mol. The highest BCUT2D eigenvalue weighted by Gasteiger charge is 2.51. The average Bonchev–Trinajstić information content (AvgIpc) is 3.15. The van der Waals surface area contributed by atoms with E-state index in [9.17, 15) is 14.4 Å². The molecule has 180 valence electrons. The number of carbonyl (C=O) groups is 3. The number of nitrogens with zero attached hydrogens (tertiary/aromatic N) is 3. The first-order chi connectivity index (χ1) is 17.0. The van der Waals surface area contributed by atoms with E-state index in [-0.39, 0.29) is 12.5 Å². The second-order valence-electron chi connectivity index (χ2n) is 8.73. The molecule has 1 saturated heterocycles. The number of benzene rings is 2. The Kier molecular flexibility index (Phi) is 7.25. The molecule has 0 aliphatic carbocycles. The quantitative estimate of drug-likeness (QED) is 0.479. The summed E-state index contributed by atoms with van der Waals surface area (Å²) in [6.07, 6.45) is 4.72. The van der Waals surface area contributed by atoms with Crippen LogP contribution in [0.3, 0.4) is 0 Å². The van der Waals surface area contributed by atoms with Crippen LogP contribution in [0.5, 0.6) is 0 Å². The van der Waals surface area contributed by atoms with Crippen molar-refractivity contribution in [3.05, 3.63) is 101 Å². The van der Waals surface area contributed by atoms with Crippen molar-refractivity contribution in [1.29, 1.82) is 0 Å². The Morgan fingerprint density at radius 1 is 0.914 bits per heavy atom. The van der Waals surface area contributed by atoms with Crippen molar-refractivity contribution < 1.29 is 14.4 Å². The van der Waals surface area contributed by atoms with Crippen LogP contribution in [-0.2, 0) is 34.6 Å². The number of rotatable bonds is 9. The van der Waals surface area contributed by atoms with Crippen LogP contribution in [0.15, 0.2) is 79.1 Å². The van der Waals surface area contributed by atoms with E-state index >= 15 is 0 Å². The predicted octanol–water partition coefficient (Wildman–Crippen LogP) is 4.03. The molecule has 1 N–H and O–H groups in total. The van der Waals surface area contributed by atoms with E-state index in [0.29, 0.717) is 25.1 Å². The summed E-state index contributed by atoms with van der Waals surface area (Å²) in [6.45, 7) is 4.30. The Labute approximate surface area is 205 Å². The molecule has 2 heterocycles. The van der Waals surface area contributed by atoms with Gasteiger partial charge in [0.2, 0.25) is 5.91 Å². The Morgan fingerprint density at radius 3 is 2.23 bits per heavy atom. The molecular formula is C28H30N4O3. The van der Waals surface area contributed by atoms with E-state index in [2.05, 4.69) is 29.4 Å². The van der Waals surface area contributed by atoms with E-state index in [0.717, 1.165) is 22.4 Å². The van der Waals surface area contributed by atoms with Gasteiger partial charge in [-0.15, -0.1) is 0 Å². The number of aromatic nitrogens is 1. The lowest BCUT2D eigenvalue weighted by molar-refractivity contribution is -0.140. The van der Waals surface area contributed by atoms with Crippen molar-refractivity contribution >= 4 is 17.8 Å². The number of urea groups is 1. The number of aryl methyl sites for hydroxylation is 1. The molecule has 4 amide bonds. The minimum Gasteiger partial charge on any atom is -0.332 e. The second-order valence-corrected chi connectivity index (χ2v) is 8.73. The minimum absolute atomic E-state index is 0.308. The van der Waals surface area contributed by atoms with Crippen molar-refractivity contribution in [3.63, 3.8) is 0 Å². The van der Waals surface area contributed by atoms with Gasteiger partial charge in [-0.05, 0) is 41.2 Å². The highest BCUT2D eigenvalue weighted by atomic mass is 16.2. The molecule has 1 fully saturated rings. The second kappa shape index (κ2) is 10.5. The van der Waals surface area contributed by atoms with Gasteiger partial charge in [-0.2, -0.15) is 0 Å². The van der Waals surface area contributed by atoms with Crippen LogP contribution < -0.4 is 5.32 Å².